The smallest absolute Gasteiger partial charge is 0.340 e. The molecule has 1 heterocycles. The first-order valence-corrected chi connectivity index (χ1v) is 6.41. The van der Waals surface area contributed by atoms with Gasteiger partial charge in [-0.15, -0.1) is 0 Å². The summed E-state index contributed by atoms with van der Waals surface area (Å²) in [5.41, 5.74) is 0.289. The second-order valence-electron chi connectivity index (χ2n) is 4.54. The van der Waals surface area contributed by atoms with Gasteiger partial charge >= 0.3 is 5.97 Å². The van der Waals surface area contributed by atoms with Crippen molar-refractivity contribution in [2.75, 3.05) is 11.9 Å². The third-order valence-electron chi connectivity index (χ3n) is 2.79. The summed E-state index contributed by atoms with van der Waals surface area (Å²) in [5.74, 6) is -6.31. The van der Waals surface area contributed by atoms with E-state index in [9.17, 15) is 22.8 Å². The van der Waals surface area contributed by atoms with Gasteiger partial charge in [-0.25, -0.2) is 18.0 Å². The lowest BCUT2D eigenvalue weighted by Crippen LogP contribution is -2.21. The number of amides is 1. The molecule has 1 aromatic carbocycles. The number of anilines is 1. The lowest BCUT2D eigenvalue weighted by atomic mass is 10.2. The minimum Gasteiger partial charge on any atom is -0.452 e. The van der Waals surface area contributed by atoms with Gasteiger partial charge in [0.2, 0.25) is 0 Å². The summed E-state index contributed by atoms with van der Waals surface area (Å²) in [7, 11) is 0. The maximum atomic E-state index is 13.4. The number of nitrogens with zero attached hydrogens (tertiary/aromatic N) is 1. The molecule has 5 nitrogen and oxygen atoms in total. The monoisotopic (exact) mass is 324 g/mol. The lowest BCUT2D eigenvalue weighted by Gasteiger charge is -2.08. The highest BCUT2D eigenvalue weighted by atomic mass is 19.2. The summed E-state index contributed by atoms with van der Waals surface area (Å²) < 4.78 is 43.9. The van der Waals surface area contributed by atoms with Gasteiger partial charge in [-0.1, -0.05) is 0 Å². The van der Waals surface area contributed by atoms with E-state index in [-0.39, 0.29) is 5.56 Å². The zero-order valence-corrected chi connectivity index (χ0v) is 11.9. The molecule has 1 aromatic heterocycles. The van der Waals surface area contributed by atoms with Crippen molar-refractivity contribution < 1.29 is 27.5 Å². The molecule has 8 heteroatoms. The van der Waals surface area contributed by atoms with E-state index in [2.05, 4.69) is 4.98 Å². The van der Waals surface area contributed by atoms with Crippen LogP contribution < -0.4 is 5.32 Å². The number of hydrogen-bond donors (Lipinski definition) is 1. The van der Waals surface area contributed by atoms with Crippen molar-refractivity contribution in [3.8, 4) is 0 Å². The maximum Gasteiger partial charge on any atom is 0.340 e. The summed E-state index contributed by atoms with van der Waals surface area (Å²) in [6.45, 7) is 1.02. The number of ether oxygens (including phenoxy) is 1. The molecule has 0 radical (unpaired) electrons. The summed E-state index contributed by atoms with van der Waals surface area (Å²) in [6.07, 6.45) is 1.28. The SMILES string of the molecule is Cc1ccc(C(=O)OCC(=O)Nc2ccc(F)c(F)c2F)cn1. The molecule has 0 saturated carbocycles. The number of hydrogen-bond acceptors (Lipinski definition) is 4. The van der Waals surface area contributed by atoms with E-state index in [0.29, 0.717) is 11.8 Å². The average molecular weight is 324 g/mol. The number of nitrogens with one attached hydrogen (secondary N) is 1. The highest BCUT2D eigenvalue weighted by molar-refractivity contribution is 5.95. The van der Waals surface area contributed by atoms with Crippen LogP contribution in [0, 0.1) is 24.4 Å². The van der Waals surface area contributed by atoms with Gasteiger partial charge in [0.05, 0.1) is 11.3 Å². The van der Waals surface area contributed by atoms with Crippen LogP contribution in [0.1, 0.15) is 16.1 Å². The Morgan fingerprint density at radius 1 is 1.13 bits per heavy atom. The number of aryl methyl sites for hydroxylation is 1. The molecule has 0 spiro atoms. The standard InChI is InChI=1S/C15H11F3N2O3/c1-8-2-3-9(6-19-8)15(22)23-7-12(21)20-11-5-4-10(16)13(17)14(11)18/h2-6H,7H2,1H3,(H,20,21). The van der Waals surface area contributed by atoms with Gasteiger partial charge in [-0.2, -0.15) is 0 Å². The Hall–Kier alpha value is -2.90. The van der Waals surface area contributed by atoms with Gasteiger partial charge in [0, 0.05) is 11.9 Å². The van der Waals surface area contributed by atoms with Crippen molar-refractivity contribution in [2.45, 2.75) is 6.92 Å². The molecule has 0 aliphatic heterocycles. The van der Waals surface area contributed by atoms with E-state index >= 15 is 0 Å². The molecule has 23 heavy (non-hydrogen) atoms. The lowest BCUT2D eigenvalue weighted by molar-refractivity contribution is -0.119. The number of halogens is 3. The molecule has 2 aromatic rings. The van der Waals surface area contributed by atoms with Crippen LogP contribution in [-0.4, -0.2) is 23.5 Å². The van der Waals surface area contributed by atoms with E-state index in [1.807, 2.05) is 5.32 Å². The minimum atomic E-state index is -1.70. The summed E-state index contributed by atoms with van der Waals surface area (Å²) in [4.78, 5) is 27.1. The number of aromatic nitrogens is 1. The van der Waals surface area contributed by atoms with Crippen molar-refractivity contribution in [1.29, 1.82) is 0 Å². The van der Waals surface area contributed by atoms with Crippen LogP contribution in [0.5, 0.6) is 0 Å². The number of carbonyl (C=O) groups excluding carboxylic acids is 2. The van der Waals surface area contributed by atoms with Crippen molar-refractivity contribution in [3.63, 3.8) is 0 Å². The number of pyridine rings is 1. The molecule has 0 aliphatic carbocycles. The van der Waals surface area contributed by atoms with Gasteiger partial charge < -0.3 is 10.1 Å². The number of carbonyl (C=O) groups is 2. The molecule has 0 unspecified atom stereocenters. The van der Waals surface area contributed by atoms with Gasteiger partial charge in [-0.3, -0.25) is 9.78 Å². The largest absolute Gasteiger partial charge is 0.452 e. The quantitative estimate of drug-likeness (QED) is 0.693. The van der Waals surface area contributed by atoms with Crippen molar-refractivity contribution >= 4 is 17.6 Å². The summed E-state index contributed by atoms with van der Waals surface area (Å²) >= 11 is 0. The second-order valence-corrected chi connectivity index (χ2v) is 4.54. The normalized spacial score (nSPS) is 10.3. The van der Waals surface area contributed by atoms with E-state index in [1.54, 1.807) is 13.0 Å². The molecule has 0 aliphatic rings. The van der Waals surface area contributed by atoms with E-state index in [1.165, 1.54) is 12.3 Å². The zero-order chi connectivity index (χ0) is 17.0. The third-order valence-corrected chi connectivity index (χ3v) is 2.79. The van der Waals surface area contributed by atoms with E-state index in [4.69, 9.17) is 4.74 Å². The molecule has 0 fully saturated rings. The second kappa shape index (κ2) is 6.91. The van der Waals surface area contributed by atoms with Crippen LogP contribution in [0.15, 0.2) is 30.5 Å². The van der Waals surface area contributed by atoms with Crippen LogP contribution in [0.25, 0.3) is 0 Å². The fraction of sp³-hybridized carbons (Fsp3) is 0.133. The Morgan fingerprint density at radius 2 is 1.87 bits per heavy atom. The molecule has 120 valence electrons. The molecular weight excluding hydrogens is 313 g/mol. The van der Waals surface area contributed by atoms with Crippen LogP contribution in [0.2, 0.25) is 0 Å². The van der Waals surface area contributed by atoms with Gasteiger partial charge in [0.25, 0.3) is 5.91 Å². The average Bonchev–Trinajstić information content (AvgIpc) is 2.54. The molecule has 1 N–H and O–H groups in total. The third kappa shape index (κ3) is 4.06. The molecule has 2 rings (SSSR count). The molecule has 0 saturated heterocycles. The molecule has 0 bridgehead atoms. The Bertz CT molecular complexity index is 748. The van der Waals surface area contributed by atoms with Gasteiger partial charge in [-0.05, 0) is 31.2 Å². The zero-order valence-electron chi connectivity index (χ0n) is 11.9. The summed E-state index contributed by atoms with van der Waals surface area (Å²) in [5, 5.41) is 1.98. The van der Waals surface area contributed by atoms with Crippen LogP contribution >= 0.6 is 0 Å². The van der Waals surface area contributed by atoms with E-state index < -0.39 is 41.6 Å². The Morgan fingerprint density at radius 3 is 2.52 bits per heavy atom. The Balaban J connectivity index is 1.94. The first-order chi connectivity index (χ1) is 10.9. The highest BCUT2D eigenvalue weighted by Crippen LogP contribution is 2.19. The van der Waals surface area contributed by atoms with Crippen LogP contribution in [0.3, 0.4) is 0 Å². The number of esters is 1. The van der Waals surface area contributed by atoms with Crippen LogP contribution in [-0.2, 0) is 9.53 Å². The Labute approximate surface area is 129 Å². The fourth-order valence-electron chi connectivity index (χ4n) is 1.61. The van der Waals surface area contributed by atoms with E-state index in [0.717, 1.165) is 6.07 Å². The van der Waals surface area contributed by atoms with Gasteiger partial charge in [0.1, 0.15) is 0 Å². The van der Waals surface area contributed by atoms with Crippen molar-refractivity contribution in [1.82, 2.24) is 4.98 Å². The topological polar surface area (TPSA) is 68.3 Å². The summed E-state index contributed by atoms with van der Waals surface area (Å²) in [6, 6.07) is 4.58. The molecular formula is C15H11F3N2O3. The number of rotatable bonds is 4. The predicted molar refractivity (Wildman–Crippen MR) is 74.2 cm³/mol. The first-order valence-electron chi connectivity index (χ1n) is 6.41. The maximum absolute atomic E-state index is 13.4. The Kier molecular flexibility index (Phi) is 4.95. The minimum absolute atomic E-state index is 0.141. The van der Waals surface area contributed by atoms with Gasteiger partial charge in [0.15, 0.2) is 24.1 Å². The highest BCUT2D eigenvalue weighted by Gasteiger charge is 2.16. The van der Waals surface area contributed by atoms with Crippen LogP contribution in [0.4, 0.5) is 18.9 Å². The van der Waals surface area contributed by atoms with Crippen molar-refractivity contribution in [2.24, 2.45) is 0 Å². The fourth-order valence-corrected chi connectivity index (χ4v) is 1.61. The predicted octanol–water partition coefficient (Wildman–Crippen LogP) is 2.60. The number of benzene rings is 1. The molecule has 0 atom stereocenters. The molecule has 1 amide bonds. The first kappa shape index (κ1) is 16.5. The van der Waals surface area contributed by atoms with Crippen molar-refractivity contribution in [3.05, 3.63) is 59.2 Å².